The summed E-state index contributed by atoms with van der Waals surface area (Å²) in [5.41, 5.74) is 7.64. The van der Waals surface area contributed by atoms with Crippen molar-refractivity contribution in [3.05, 3.63) is 17.6 Å². The minimum Gasteiger partial charge on any atom is -0.332 e. The third-order valence-electron chi connectivity index (χ3n) is 4.30. The fourth-order valence-corrected chi connectivity index (χ4v) is 2.76. The molecule has 0 spiro atoms. The van der Waals surface area contributed by atoms with Crippen LogP contribution in [0.3, 0.4) is 0 Å². The third-order valence-corrected chi connectivity index (χ3v) is 4.30. The maximum atomic E-state index is 6.26. The average Bonchev–Trinajstić information content (AvgIpc) is 3.01. The SMILES string of the molecule is CC(C)c1cc(-c2nc(C3(N)CCC3)no2)nn1C(C)(C)C.Cl. The van der Waals surface area contributed by atoms with Crippen LogP contribution in [0.4, 0.5) is 0 Å². The van der Waals surface area contributed by atoms with E-state index in [4.69, 9.17) is 15.4 Å². The molecule has 0 unspecified atom stereocenters. The standard InChI is InChI=1S/C16H25N5O.ClH/c1-10(2)12-9-11(19-21(12)15(3,4)5)13-18-14(20-22-13)16(17)7-6-8-16;/h9-10H,6-8,17H2,1-5H3;1H. The number of nitrogens with two attached hydrogens (primary N) is 1. The van der Waals surface area contributed by atoms with E-state index in [2.05, 4.69) is 44.8 Å². The van der Waals surface area contributed by atoms with Crippen molar-refractivity contribution in [1.29, 1.82) is 0 Å². The Morgan fingerprint density at radius 1 is 1.30 bits per heavy atom. The second-order valence-electron chi connectivity index (χ2n) is 7.62. The van der Waals surface area contributed by atoms with Crippen LogP contribution >= 0.6 is 12.4 Å². The summed E-state index contributed by atoms with van der Waals surface area (Å²) < 4.78 is 7.46. The molecule has 0 saturated heterocycles. The lowest BCUT2D eigenvalue weighted by Gasteiger charge is -2.34. The molecule has 2 N–H and O–H groups in total. The molecule has 2 aromatic heterocycles. The molecule has 0 atom stereocenters. The fraction of sp³-hybridized carbons (Fsp3) is 0.688. The van der Waals surface area contributed by atoms with Gasteiger partial charge in [-0.2, -0.15) is 10.1 Å². The largest absolute Gasteiger partial charge is 0.332 e. The van der Waals surface area contributed by atoms with Crippen molar-refractivity contribution in [3.8, 4) is 11.6 Å². The van der Waals surface area contributed by atoms with Gasteiger partial charge in [-0.15, -0.1) is 12.4 Å². The molecule has 0 amide bonds. The summed E-state index contributed by atoms with van der Waals surface area (Å²) >= 11 is 0. The van der Waals surface area contributed by atoms with Crippen LogP contribution in [0.2, 0.25) is 0 Å². The van der Waals surface area contributed by atoms with E-state index in [0.29, 0.717) is 17.6 Å². The van der Waals surface area contributed by atoms with Crippen molar-refractivity contribution in [2.45, 2.75) is 70.9 Å². The minimum atomic E-state index is -0.408. The van der Waals surface area contributed by atoms with Crippen LogP contribution in [-0.4, -0.2) is 19.9 Å². The van der Waals surface area contributed by atoms with Gasteiger partial charge in [-0.25, -0.2) is 0 Å². The van der Waals surface area contributed by atoms with Crippen LogP contribution in [0.5, 0.6) is 0 Å². The minimum absolute atomic E-state index is 0. The lowest BCUT2D eigenvalue weighted by Crippen LogP contribution is -2.44. The van der Waals surface area contributed by atoms with Crippen molar-refractivity contribution in [2.75, 3.05) is 0 Å². The quantitative estimate of drug-likeness (QED) is 0.924. The van der Waals surface area contributed by atoms with Crippen molar-refractivity contribution in [1.82, 2.24) is 19.9 Å². The van der Waals surface area contributed by atoms with Gasteiger partial charge < -0.3 is 10.3 Å². The molecule has 7 heteroatoms. The van der Waals surface area contributed by atoms with E-state index in [1.165, 1.54) is 0 Å². The third kappa shape index (κ3) is 3.15. The monoisotopic (exact) mass is 339 g/mol. The molecule has 2 aromatic rings. The smallest absolute Gasteiger partial charge is 0.278 e. The van der Waals surface area contributed by atoms with Gasteiger partial charge in [0, 0.05) is 5.69 Å². The highest BCUT2D eigenvalue weighted by Gasteiger charge is 2.39. The molecule has 0 radical (unpaired) electrons. The summed E-state index contributed by atoms with van der Waals surface area (Å²) in [6.45, 7) is 10.7. The molecule has 1 aliphatic carbocycles. The molecule has 1 aliphatic rings. The summed E-state index contributed by atoms with van der Waals surface area (Å²) in [5, 5.41) is 8.76. The average molecular weight is 340 g/mol. The Kier molecular flexibility index (Phi) is 4.61. The fourth-order valence-electron chi connectivity index (χ4n) is 2.76. The first kappa shape index (κ1) is 17.9. The van der Waals surface area contributed by atoms with E-state index in [9.17, 15) is 0 Å². The maximum absolute atomic E-state index is 6.26. The predicted octanol–water partition coefficient (Wildman–Crippen LogP) is 3.57. The second kappa shape index (κ2) is 5.91. The molecule has 128 valence electrons. The first-order chi connectivity index (χ1) is 10.2. The molecule has 3 rings (SSSR count). The Balaban J connectivity index is 0.00000192. The van der Waals surface area contributed by atoms with Crippen molar-refractivity contribution in [2.24, 2.45) is 5.73 Å². The molecular weight excluding hydrogens is 314 g/mol. The second-order valence-corrected chi connectivity index (χ2v) is 7.62. The summed E-state index contributed by atoms with van der Waals surface area (Å²) in [4.78, 5) is 4.49. The zero-order chi connectivity index (χ0) is 16.1. The Morgan fingerprint density at radius 3 is 2.39 bits per heavy atom. The molecule has 23 heavy (non-hydrogen) atoms. The summed E-state index contributed by atoms with van der Waals surface area (Å²) in [6, 6.07) is 2.04. The zero-order valence-electron chi connectivity index (χ0n) is 14.5. The zero-order valence-corrected chi connectivity index (χ0v) is 15.3. The number of aromatic nitrogens is 4. The van der Waals surface area contributed by atoms with E-state index < -0.39 is 5.54 Å². The van der Waals surface area contributed by atoms with Crippen molar-refractivity contribution >= 4 is 12.4 Å². The first-order valence-electron chi connectivity index (χ1n) is 7.94. The van der Waals surface area contributed by atoms with Crippen LogP contribution in [0.25, 0.3) is 11.6 Å². The molecule has 2 heterocycles. The van der Waals surface area contributed by atoms with Crippen molar-refractivity contribution in [3.63, 3.8) is 0 Å². The Bertz CT molecular complexity index is 679. The number of hydrogen-bond acceptors (Lipinski definition) is 5. The molecule has 6 nitrogen and oxygen atoms in total. The van der Waals surface area contributed by atoms with Gasteiger partial charge in [0.2, 0.25) is 0 Å². The van der Waals surface area contributed by atoms with Gasteiger partial charge in [-0.05, 0) is 52.0 Å². The topological polar surface area (TPSA) is 82.8 Å². The Labute approximate surface area is 143 Å². The molecule has 0 bridgehead atoms. The highest BCUT2D eigenvalue weighted by atomic mass is 35.5. The lowest BCUT2D eigenvalue weighted by atomic mass is 9.77. The highest BCUT2D eigenvalue weighted by Crippen LogP contribution is 2.37. The molecule has 0 aromatic carbocycles. The van der Waals surface area contributed by atoms with Crippen LogP contribution in [0.15, 0.2) is 10.6 Å². The highest BCUT2D eigenvalue weighted by molar-refractivity contribution is 5.85. The Hall–Kier alpha value is -1.40. The number of rotatable bonds is 3. The van der Waals surface area contributed by atoms with E-state index in [1.54, 1.807) is 0 Å². The first-order valence-corrected chi connectivity index (χ1v) is 7.94. The summed E-state index contributed by atoms with van der Waals surface area (Å²) in [6.07, 6.45) is 2.95. The normalized spacial score (nSPS) is 17.0. The number of halogens is 1. The molecule has 1 saturated carbocycles. The summed E-state index contributed by atoms with van der Waals surface area (Å²) in [7, 11) is 0. The van der Waals surface area contributed by atoms with E-state index >= 15 is 0 Å². The number of nitrogens with zero attached hydrogens (tertiary/aromatic N) is 4. The van der Waals surface area contributed by atoms with Gasteiger partial charge in [0.25, 0.3) is 5.89 Å². The van der Waals surface area contributed by atoms with Crippen LogP contribution in [0.1, 0.15) is 71.3 Å². The lowest BCUT2D eigenvalue weighted by molar-refractivity contribution is 0.229. The van der Waals surface area contributed by atoms with E-state index in [-0.39, 0.29) is 17.9 Å². The predicted molar refractivity (Wildman–Crippen MR) is 91.6 cm³/mol. The maximum Gasteiger partial charge on any atom is 0.278 e. The van der Waals surface area contributed by atoms with Gasteiger partial charge in [-0.3, -0.25) is 4.68 Å². The van der Waals surface area contributed by atoms with Gasteiger partial charge in [-0.1, -0.05) is 19.0 Å². The van der Waals surface area contributed by atoms with Gasteiger partial charge in [0.15, 0.2) is 11.5 Å². The van der Waals surface area contributed by atoms with Crippen LogP contribution in [-0.2, 0) is 11.1 Å². The molecule has 1 fully saturated rings. The Morgan fingerprint density at radius 2 is 1.96 bits per heavy atom. The van der Waals surface area contributed by atoms with Crippen LogP contribution in [0, 0.1) is 0 Å². The van der Waals surface area contributed by atoms with Gasteiger partial charge >= 0.3 is 0 Å². The van der Waals surface area contributed by atoms with Gasteiger partial charge in [0.05, 0.1) is 11.1 Å². The van der Waals surface area contributed by atoms with E-state index in [1.807, 2.05) is 10.7 Å². The van der Waals surface area contributed by atoms with E-state index in [0.717, 1.165) is 30.7 Å². The summed E-state index contributed by atoms with van der Waals surface area (Å²) in [5.74, 6) is 1.43. The number of hydrogen-bond donors (Lipinski definition) is 1. The van der Waals surface area contributed by atoms with Crippen molar-refractivity contribution < 1.29 is 4.52 Å². The van der Waals surface area contributed by atoms with Crippen LogP contribution < -0.4 is 5.73 Å². The molecule has 0 aliphatic heterocycles. The van der Waals surface area contributed by atoms with Gasteiger partial charge in [0.1, 0.15) is 0 Å². The molecular formula is C16H26ClN5O.